The van der Waals surface area contributed by atoms with Gasteiger partial charge in [-0.1, -0.05) is 6.07 Å². The van der Waals surface area contributed by atoms with E-state index in [1.165, 1.54) is 6.07 Å². The molecule has 2 aromatic rings. The Kier molecular flexibility index (Phi) is 3.38. The predicted molar refractivity (Wildman–Crippen MR) is 68.9 cm³/mol. The smallest absolute Gasteiger partial charge is 0.168 e. The highest BCUT2D eigenvalue weighted by atomic mass is 32.1. The molecule has 17 heavy (non-hydrogen) atoms. The third-order valence-corrected chi connectivity index (χ3v) is 3.03. The number of nitrogens with zero attached hydrogens (tertiary/aromatic N) is 2. The summed E-state index contributed by atoms with van der Waals surface area (Å²) in [4.78, 5) is 0. The van der Waals surface area contributed by atoms with E-state index in [4.69, 9.17) is 0 Å². The first-order chi connectivity index (χ1) is 8.13. The van der Waals surface area contributed by atoms with Crippen LogP contribution in [0.15, 0.2) is 12.1 Å². The molecule has 2 rings (SSSR count). The maximum Gasteiger partial charge on any atom is 0.168 e. The van der Waals surface area contributed by atoms with Gasteiger partial charge in [0.25, 0.3) is 0 Å². The largest absolute Gasteiger partial charge is 0.368 e. The SMILES string of the molecule is CCNc1nsnc1-c1c(C)cc(C)cc1F. The summed E-state index contributed by atoms with van der Waals surface area (Å²) in [7, 11) is 0. The van der Waals surface area contributed by atoms with E-state index in [2.05, 4.69) is 14.1 Å². The molecule has 5 heteroatoms. The van der Waals surface area contributed by atoms with Crippen molar-refractivity contribution >= 4 is 17.5 Å². The van der Waals surface area contributed by atoms with Gasteiger partial charge >= 0.3 is 0 Å². The lowest BCUT2D eigenvalue weighted by Gasteiger charge is -2.08. The van der Waals surface area contributed by atoms with Crippen LogP contribution in [0.1, 0.15) is 18.1 Å². The van der Waals surface area contributed by atoms with E-state index in [1.54, 1.807) is 0 Å². The van der Waals surface area contributed by atoms with Gasteiger partial charge in [-0.25, -0.2) is 4.39 Å². The molecule has 0 radical (unpaired) electrons. The molecule has 0 bridgehead atoms. The molecule has 0 saturated carbocycles. The van der Waals surface area contributed by atoms with Crippen LogP contribution in [0.2, 0.25) is 0 Å². The Morgan fingerprint density at radius 3 is 2.71 bits per heavy atom. The Balaban J connectivity index is 2.56. The van der Waals surface area contributed by atoms with Crippen molar-refractivity contribution in [1.82, 2.24) is 8.75 Å². The number of hydrogen-bond acceptors (Lipinski definition) is 4. The lowest BCUT2D eigenvalue weighted by molar-refractivity contribution is 0.628. The number of aryl methyl sites for hydroxylation is 2. The predicted octanol–water partition coefficient (Wildman–Crippen LogP) is 3.39. The molecular formula is C12H14FN3S. The summed E-state index contributed by atoms with van der Waals surface area (Å²) in [6.45, 7) is 6.48. The third-order valence-electron chi connectivity index (χ3n) is 2.50. The monoisotopic (exact) mass is 251 g/mol. The zero-order valence-electron chi connectivity index (χ0n) is 10.0. The number of benzene rings is 1. The average Bonchev–Trinajstić information content (AvgIpc) is 2.65. The number of halogens is 1. The summed E-state index contributed by atoms with van der Waals surface area (Å²) in [5, 5.41) is 3.09. The molecule has 1 N–H and O–H groups in total. The second-order valence-electron chi connectivity index (χ2n) is 3.93. The van der Waals surface area contributed by atoms with Gasteiger partial charge in [-0.3, -0.25) is 0 Å². The summed E-state index contributed by atoms with van der Waals surface area (Å²) in [6.07, 6.45) is 0. The molecule has 0 unspecified atom stereocenters. The van der Waals surface area contributed by atoms with Crippen molar-refractivity contribution in [3.63, 3.8) is 0 Å². The van der Waals surface area contributed by atoms with Crippen LogP contribution in [-0.2, 0) is 0 Å². The summed E-state index contributed by atoms with van der Waals surface area (Å²) in [5.74, 6) is 0.415. The van der Waals surface area contributed by atoms with Crippen molar-refractivity contribution in [2.24, 2.45) is 0 Å². The van der Waals surface area contributed by atoms with E-state index in [1.807, 2.05) is 26.8 Å². The molecule has 0 fully saturated rings. The maximum atomic E-state index is 14.0. The molecule has 1 aromatic carbocycles. The quantitative estimate of drug-likeness (QED) is 0.908. The third kappa shape index (κ3) is 2.29. The lowest BCUT2D eigenvalue weighted by Crippen LogP contribution is -2.00. The fourth-order valence-electron chi connectivity index (χ4n) is 1.85. The molecular weight excluding hydrogens is 237 g/mol. The van der Waals surface area contributed by atoms with Gasteiger partial charge in [-0.15, -0.1) is 0 Å². The van der Waals surface area contributed by atoms with E-state index in [-0.39, 0.29) is 5.82 Å². The van der Waals surface area contributed by atoms with Gasteiger partial charge < -0.3 is 5.32 Å². The molecule has 0 aliphatic heterocycles. The van der Waals surface area contributed by atoms with E-state index in [0.717, 1.165) is 29.4 Å². The highest BCUT2D eigenvalue weighted by Crippen LogP contribution is 2.31. The molecule has 1 heterocycles. The molecule has 0 amide bonds. The van der Waals surface area contributed by atoms with Gasteiger partial charge in [0.15, 0.2) is 5.82 Å². The van der Waals surface area contributed by atoms with Crippen molar-refractivity contribution in [1.29, 1.82) is 0 Å². The minimum Gasteiger partial charge on any atom is -0.368 e. The summed E-state index contributed by atoms with van der Waals surface area (Å²) in [6, 6.07) is 3.48. The van der Waals surface area contributed by atoms with Crippen molar-refractivity contribution in [2.75, 3.05) is 11.9 Å². The molecule has 90 valence electrons. The van der Waals surface area contributed by atoms with Gasteiger partial charge in [0.2, 0.25) is 0 Å². The van der Waals surface area contributed by atoms with Gasteiger partial charge in [-0.05, 0) is 38.0 Å². The summed E-state index contributed by atoms with van der Waals surface area (Å²) < 4.78 is 22.3. The van der Waals surface area contributed by atoms with Crippen molar-refractivity contribution in [3.05, 3.63) is 29.1 Å². The first-order valence-electron chi connectivity index (χ1n) is 5.47. The Morgan fingerprint density at radius 1 is 1.29 bits per heavy atom. The molecule has 0 saturated heterocycles. The molecule has 0 aliphatic rings. The van der Waals surface area contributed by atoms with Gasteiger partial charge in [0.05, 0.1) is 11.7 Å². The Morgan fingerprint density at radius 2 is 2.06 bits per heavy atom. The van der Waals surface area contributed by atoms with Gasteiger partial charge in [0.1, 0.15) is 11.5 Å². The second kappa shape index (κ2) is 4.79. The second-order valence-corrected chi connectivity index (χ2v) is 4.46. The Hall–Kier alpha value is -1.49. The van der Waals surface area contributed by atoms with Gasteiger partial charge in [-0.2, -0.15) is 8.75 Å². The van der Waals surface area contributed by atoms with Crippen LogP contribution in [0, 0.1) is 19.7 Å². The van der Waals surface area contributed by atoms with Crippen LogP contribution < -0.4 is 5.32 Å². The van der Waals surface area contributed by atoms with E-state index in [0.29, 0.717) is 17.1 Å². The summed E-state index contributed by atoms with van der Waals surface area (Å²) >= 11 is 1.09. The summed E-state index contributed by atoms with van der Waals surface area (Å²) in [5.41, 5.74) is 2.94. The molecule has 0 aliphatic carbocycles. The topological polar surface area (TPSA) is 37.8 Å². The Bertz CT molecular complexity index is 513. The number of anilines is 1. The van der Waals surface area contributed by atoms with Crippen LogP contribution in [-0.4, -0.2) is 15.3 Å². The van der Waals surface area contributed by atoms with Crippen LogP contribution in [0.3, 0.4) is 0 Å². The standard InChI is InChI=1S/C12H14FN3S/c1-4-14-12-11(15-17-16-12)10-8(3)5-7(2)6-9(10)13/h5-6H,4H2,1-3H3,(H,14,16). The Labute approximate surface area is 104 Å². The van der Waals surface area contributed by atoms with E-state index in [9.17, 15) is 4.39 Å². The lowest BCUT2D eigenvalue weighted by atomic mass is 10.0. The number of hydrogen-bond donors (Lipinski definition) is 1. The highest BCUT2D eigenvalue weighted by Gasteiger charge is 2.16. The molecule has 0 spiro atoms. The van der Waals surface area contributed by atoms with Crippen molar-refractivity contribution < 1.29 is 4.39 Å². The normalized spacial score (nSPS) is 10.6. The molecule has 1 aromatic heterocycles. The van der Waals surface area contributed by atoms with Crippen LogP contribution in [0.25, 0.3) is 11.3 Å². The van der Waals surface area contributed by atoms with Crippen LogP contribution in [0.5, 0.6) is 0 Å². The van der Waals surface area contributed by atoms with E-state index >= 15 is 0 Å². The van der Waals surface area contributed by atoms with Crippen LogP contribution in [0.4, 0.5) is 10.2 Å². The fourth-order valence-corrected chi connectivity index (χ4v) is 2.38. The average molecular weight is 251 g/mol. The first-order valence-corrected chi connectivity index (χ1v) is 6.20. The zero-order chi connectivity index (χ0) is 12.4. The zero-order valence-corrected chi connectivity index (χ0v) is 10.9. The number of rotatable bonds is 3. The first kappa shape index (κ1) is 12.0. The van der Waals surface area contributed by atoms with Crippen molar-refractivity contribution in [2.45, 2.75) is 20.8 Å². The maximum absolute atomic E-state index is 14.0. The minimum absolute atomic E-state index is 0.241. The fraction of sp³-hybridized carbons (Fsp3) is 0.333. The van der Waals surface area contributed by atoms with Crippen molar-refractivity contribution in [3.8, 4) is 11.3 Å². The highest BCUT2D eigenvalue weighted by molar-refractivity contribution is 6.99. The molecule has 3 nitrogen and oxygen atoms in total. The molecule has 0 atom stereocenters. The minimum atomic E-state index is -0.241. The van der Waals surface area contributed by atoms with Crippen LogP contribution >= 0.6 is 11.7 Å². The van der Waals surface area contributed by atoms with E-state index < -0.39 is 0 Å². The number of aromatic nitrogens is 2. The number of nitrogens with one attached hydrogen (secondary N) is 1. The van der Waals surface area contributed by atoms with Gasteiger partial charge in [0, 0.05) is 12.1 Å².